The Morgan fingerprint density at radius 2 is 1.40 bits per heavy atom. The minimum Gasteiger partial charge on any atom is -0.750 e. The topological polar surface area (TPSA) is 493 Å². The number of aromatic nitrogens is 3. The summed E-state index contributed by atoms with van der Waals surface area (Å²) < 4.78 is 157. The summed E-state index contributed by atoms with van der Waals surface area (Å²) in [5.74, 6) is -1.46. The average molecular weight is 1280 g/mol. The Kier molecular flexibility index (Phi) is 21.8. The summed E-state index contributed by atoms with van der Waals surface area (Å²) in [6.45, 7) is 1.64. The van der Waals surface area contributed by atoms with Crippen molar-refractivity contribution in [1.29, 1.82) is 5.26 Å². The van der Waals surface area contributed by atoms with Crippen molar-refractivity contribution in [1.82, 2.24) is 14.4 Å². The van der Waals surface area contributed by atoms with E-state index in [4.69, 9.17) is 30.7 Å². The molecule has 0 aliphatic rings. The molecule has 30 nitrogen and oxygen atoms in total. The van der Waals surface area contributed by atoms with Gasteiger partial charge in [-0.25, -0.2) is 14.2 Å². The minimum absolute atomic E-state index is 0.0000394. The third-order valence-electron chi connectivity index (χ3n) is 11.4. The van der Waals surface area contributed by atoms with E-state index in [2.05, 4.69) is 46.7 Å². The van der Waals surface area contributed by atoms with Crippen molar-refractivity contribution in [3.63, 3.8) is 0 Å². The Morgan fingerprint density at radius 3 is 2.02 bits per heavy atom. The molecule has 3 aromatic heterocycles. The zero-order valence-electron chi connectivity index (χ0n) is 42.5. The smallest absolute Gasteiger partial charge is 0.425 e. The van der Waals surface area contributed by atoms with Gasteiger partial charge in [-0.3, -0.25) is 18.1 Å². The van der Waals surface area contributed by atoms with Crippen LogP contribution < -0.4 is 4.74 Å². The van der Waals surface area contributed by atoms with Crippen LogP contribution in [-0.4, -0.2) is 124 Å². The van der Waals surface area contributed by atoms with Crippen molar-refractivity contribution in [3.8, 4) is 17.7 Å². The van der Waals surface area contributed by atoms with E-state index < -0.39 is 87.8 Å². The normalized spacial score (nSPS) is 12.5. The number of hydrogen-bond acceptors (Lipinski definition) is 27. The summed E-state index contributed by atoms with van der Waals surface area (Å²) in [7, 11) is -16.6. The van der Waals surface area contributed by atoms with Crippen LogP contribution >= 0.6 is 23.1 Å². The highest BCUT2D eigenvalue weighted by Crippen LogP contribution is 2.44. The van der Waals surface area contributed by atoms with E-state index in [1.165, 1.54) is 34.7 Å². The lowest BCUT2D eigenvalue weighted by atomic mass is 10.0. The molecule has 1 unspecified atom stereocenters. The molecule has 0 radical (unpaired) electrons. The van der Waals surface area contributed by atoms with Gasteiger partial charge in [0.1, 0.15) is 33.5 Å². The van der Waals surface area contributed by atoms with Gasteiger partial charge in [-0.1, -0.05) is 35.6 Å². The molecule has 8 rings (SSSR count). The minimum atomic E-state index is -4.80. The van der Waals surface area contributed by atoms with Crippen molar-refractivity contribution in [2.45, 2.75) is 56.3 Å². The number of hydrogen-bond donors (Lipinski definition) is 8. The second kappa shape index (κ2) is 27.9. The van der Waals surface area contributed by atoms with Gasteiger partial charge in [-0.15, -0.1) is 50.0 Å². The molecule has 8 N–H and O–H groups in total. The van der Waals surface area contributed by atoms with Gasteiger partial charge in [0.05, 0.1) is 82.1 Å². The van der Waals surface area contributed by atoms with Crippen molar-refractivity contribution in [2.75, 3.05) is 23.9 Å². The number of aromatic hydroxyl groups is 1. The SMILES string of the molecule is Cc1cc(N=Nc2c(C)c(C#N)c3nc4ccc(CO)cc4n3c2O)c(OCCCS(=O)(=O)O)cc1N=Nc1cc(CO)c(N=Nc2nc3c(S(=O)(=O)O)cc4c(CO)cccc4c3s2)cc1SCCCS(=O)(=O)O.O=S(=O)=O.O=S([O-])O. The first-order valence-electron chi connectivity index (χ1n) is 23.1. The number of pyridine rings is 1. The number of imidazole rings is 1. The van der Waals surface area contributed by atoms with Gasteiger partial charge in [0.15, 0.2) is 11.3 Å². The molecule has 440 valence electrons. The molecule has 83 heavy (non-hydrogen) atoms. The summed E-state index contributed by atoms with van der Waals surface area (Å²) >= 11 is -0.797. The second-order valence-corrected chi connectivity index (χ2v) is 24.4. The average Bonchev–Trinajstić information content (AvgIpc) is 4.26. The fraction of sp³-hybridized carbons (Fsp3) is 0.239. The van der Waals surface area contributed by atoms with Gasteiger partial charge < -0.3 is 34.3 Å². The number of azo groups is 3. The van der Waals surface area contributed by atoms with Crippen molar-refractivity contribution >= 4 is 147 Å². The third kappa shape index (κ3) is 17.0. The Balaban J connectivity index is 0.00000130. The van der Waals surface area contributed by atoms with Gasteiger partial charge in [0.25, 0.3) is 30.4 Å². The summed E-state index contributed by atoms with van der Waals surface area (Å²) in [4.78, 5) is 8.70. The highest BCUT2D eigenvalue weighted by atomic mass is 32.2. The number of aliphatic hydroxyl groups excluding tert-OH is 3. The number of ether oxygens (including phenoxy) is 1. The zero-order valence-corrected chi connectivity index (χ0v) is 48.2. The molecule has 0 aliphatic heterocycles. The Morgan fingerprint density at radius 1 is 0.759 bits per heavy atom. The van der Waals surface area contributed by atoms with Crippen LogP contribution in [0, 0.1) is 25.2 Å². The summed E-state index contributed by atoms with van der Waals surface area (Å²) in [6, 6.07) is 19.0. The molecule has 0 aliphatic carbocycles. The fourth-order valence-corrected chi connectivity index (χ4v) is 11.6. The van der Waals surface area contributed by atoms with Crippen molar-refractivity contribution < 1.29 is 90.0 Å². The van der Waals surface area contributed by atoms with Gasteiger partial charge in [0, 0.05) is 27.5 Å². The Bertz CT molecular complexity index is 4450. The maximum absolute atomic E-state index is 12.5. The molecular formula is C46H43N10O20S7-. The number of aryl methyl sites for hydroxylation is 1. The van der Waals surface area contributed by atoms with E-state index >= 15 is 0 Å². The Hall–Kier alpha value is -7.26. The maximum Gasteiger partial charge on any atom is 0.425 e. The van der Waals surface area contributed by atoms with Crippen LogP contribution in [0.5, 0.6) is 11.6 Å². The van der Waals surface area contributed by atoms with Crippen LogP contribution in [-0.2, 0) is 72.1 Å². The molecule has 3 heterocycles. The summed E-state index contributed by atoms with van der Waals surface area (Å²) in [5.41, 5.74) is 3.14. The van der Waals surface area contributed by atoms with Gasteiger partial charge in [-0.05, 0) is 90.9 Å². The van der Waals surface area contributed by atoms with E-state index in [1.54, 1.807) is 50.2 Å². The van der Waals surface area contributed by atoms with Crippen molar-refractivity contribution in [3.05, 3.63) is 100 Å². The maximum atomic E-state index is 12.5. The standard InChI is InChI=1S/C46H42N10O14S5.H2O3S.O3S/c1-24-14-35(52-54-41-25(2)31(20-47)44-48-32-9-8-26(21-57)15-37(32)56(44)45(41)60)38(70-10-4-12-73(61,62)63)18-33(24)50-53-36-16-28(23-59)34(19-39(36)71-11-5-13-74(64,65)66)51-55-46-49-42-40(75(67,68)69)17-30-27(22-58)6-3-7-29(30)43(42)72-46;2*1-4(2)3/h3,6-9,14-19,57-60H,4-5,10-13,21-23H2,1-2H3,(H,61,62,63)(H,64,65,66)(H,67,68,69);(H2,1,2,3);/p-1. The van der Waals surface area contributed by atoms with Crippen LogP contribution in [0.25, 0.3) is 37.7 Å². The molecule has 0 saturated heterocycles. The molecule has 8 aromatic rings. The van der Waals surface area contributed by atoms with Crippen LogP contribution in [0.1, 0.15) is 46.2 Å². The van der Waals surface area contributed by atoms with E-state index in [0.29, 0.717) is 48.1 Å². The first-order chi connectivity index (χ1) is 39.1. The largest absolute Gasteiger partial charge is 0.750 e. The highest BCUT2D eigenvalue weighted by molar-refractivity contribution is 7.99. The quantitative estimate of drug-likeness (QED) is 0.0119. The van der Waals surface area contributed by atoms with E-state index in [-0.39, 0.29) is 99.0 Å². The van der Waals surface area contributed by atoms with Crippen LogP contribution in [0.3, 0.4) is 0 Å². The zero-order chi connectivity index (χ0) is 61.1. The first-order valence-corrected chi connectivity index (χ1v) is 31.6. The number of fused-ring (bicyclic) bond motifs is 6. The summed E-state index contributed by atoms with van der Waals surface area (Å²) in [5, 5.41) is 79.1. The fourth-order valence-electron chi connectivity index (χ4n) is 7.76. The first kappa shape index (κ1) is 64.9. The second-order valence-electron chi connectivity index (χ2n) is 16.9. The highest BCUT2D eigenvalue weighted by Gasteiger charge is 2.24. The van der Waals surface area contributed by atoms with Crippen LogP contribution in [0.2, 0.25) is 0 Å². The molecule has 0 saturated carbocycles. The number of benzene rings is 5. The van der Waals surface area contributed by atoms with Crippen LogP contribution in [0.15, 0.2) is 107 Å². The lowest BCUT2D eigenvalue weighted by molar-refractivity contribution is 0.282. The number of rotatable bonds is 20. The van der Waals surface area contributed by atoms with Gasteiger partial charge >= 0.3 is 10.6 Å². The molecular weight excluding hydrogens is 1240 g/mol. The molecule has 1 atom stereocenters. The molecule has 5 aromatic carbocycles. The molecule has 0 spiro atoms. The van der Waals surface area contributed by atoms with E-state index in [9.17, 15) is 64.6 Å². The van der Waals surface area contributed by atoms with Gasteiger partial charge in [-0.2, -0.15) is 35.6 Å². The summed E-state index contributed by atoms with van der Waals surface area (Å²) in [6.07, 6.45) is -0.142. The third-order valence-corrected chi connectivity index (χ3v) is 16.0. The lowest BCUT2D eigenvalue weighted by Crippen LogP contribution is -2.08. The number of thioether (sulfide) groups is 1. The Labute approximate surface area is 482 Å². The monoisotopic (exact) mass is 1280 g/mol. The molecule has 0 bridgehead atoms. The van der Waals surface area contributed by atoms with Crippen molar-refractivity contribution in [2.24, 2.45) is 30.7 Å². The van der Waals surface area contributed by atoms with Gasteiger partial charge in [0.2, 0.25) is 11.0 Å². The number of nitriles is 1. The molecule has 0 amide bonds. The molecule has 0 fully saturated rings. The predicted molar refractivity (Wildman–Crippen MR) is 298 cm³/mol. The van der Waals surface area contributed by atoms with Crippen LogP contribution in [0.4, 0.5) is 33.6 Å². The number of nitrogens with zero attached hydrogens (tertiary/aromatic N) is 10. The van der Waals surface area contributed by atoms with E-state index in [0.717, 1.165) is 23.1 Å². The predicted octanol–water partition coefficient (Wildman–Crippen LogP) is 7.78. The van der Waals surface area contributed by atoms with E-state index in [1.807, 2.05) is 0 Å². The lowest BCUT2D eigenvalue weighted by Gasteiger charge is -2.12. The molecule has 37 heteroatoms. The number of aliphatic hydroxyl groups is 3. The number of thiazole rings is 1.